The van der Waals surface area contributed by atoms with Gasteiger partial charge in [-0.05, 0) is 29.8 Å². The van der Waals surface area contributed by atoms with E-state index < -0.39 is 0 Å². The van der Waals surface area contributed by atoms with Crippen LogP contribution in [-0.4, -0.2) is 9.97 Å². The van der Waals surface area contributed by atoms with Gasteiger partial charge in [-0.25, -0.2) is 9.97 Å². The van der Waals surface area contributed by atoms with Gasteiger partial charge in [-0.3, -0.25) is 0 Å². The van der Waals surface area contributed by atoms with E-state index in [1.165, 1.54) is 10.4 Å². The highest BCUT2D eigenvalue weighted by atomic mass is 35.5. The molecule has 0 unspecified atom stereocenters. The van der Waals surface area contributed by atoms with Crippen molar-refractivity contribution in [3.63, 3.8) is 0 Å². The molecule has 0 spiro atoms. The van der Waals surface area contributed by atoms with Crippen molar-refractivity contribution in [3.8, 4) is 0 Å². The lowest BCUT2D eigenvalue weighted by molar-refractivity contribution is 0.568. The first kappa shape index (κ1) is 16.9. The molecule has 3 aromatic rings. The lowest BCUT2D eigenvalue weighted by atomic mass is 9.90. The van der Waals surface area contributed by atoms with E-state index in [0.717, 1.165) is 28.1 Å². The summed E-state index contributed by atoms with van der Waals surface area (Å²) in [5.41, 5.74) is 2.35. The van der Waals surface area contributed by atoms with E-state index in [0.29, 0.717) is 0 Å². The van der Waals surface area contributed by atoms with Gasteiger partial charge >= 0.3 is 0 Å². The van der Waals surface area contributed by atoms with Crippen LogP contribution in [0, 0.1) is 0 Å². The molecule has 3 rings (SSSR count). The monoisotopic (exact) mass is 357 g/mol. The SMILES string of the molecule is CC(C)(C)c1nc(Nc2ccccn2)sc1Cc1ccc(Cl)cc1. The summed E-state index contributed by atoms with van der Waals surface area (Å²) in [5.74, 6) is 0.810. The molecule has 0 fully saturated rings. The van der Waals surface area contributed by atoms with Gasteiger partial charge in [-0.2, -0.15) is 0 Å². The van der Waals surface area contributed by atoms with Gasteiger partial charge in [0.1, 0.15) is 5.82 Å². The van der Waals surface area contributed by atoms with Gasteiger partial charge in [-0.1, -0.05) is 50.6 Å². The molecule has 3 nitrogen and oxygen atoms in total. The van der Waals surface area contributed by atoms with Gasteiger partial charge in [0.15, 0.2) is 5.13 Å². The van der Waals surface area contributed by atoms with Crippen LogP contribution in [0.3, 0.4) is 0 Å². The zero-order valence-electron chi connectivity index (χ0n) is 14.0. The molecule has 124 valence electrons. The Bertz CT molecular complexity index is 805. The highest BCUT2D eigenvalue weighted by Gasteiger charge is 2.23. The van der Waals surface area contributed by atoms with Crippen LogP contribution in [0.5, 0.6) is 0 Å². The third-order valence-electron chi connectivity index (χ3n) is 3.59. The van der Waals surface area contributed by atoms with Gasteiger partial charge < -0.3 is 5.32 Å². The molecule has 2 heterocycles. The van der Waals surface area contributed by atoms with Gasteiger partial charge in [0, 0.05) is 27.9 Å². The number of aromatic nitrogens is 2. The van der Waals surface area contributed by atoms with E-state index >= 15 is 0 Å². The van der Waals surface area contributed by atoms with Crippen LogP contribution in [0.25, 0.3) is 0 Å². The first-order valence-electron chi connectivity index (χ1n) is 7.84. The van der Waals surface area contributed by atoms with Crippen molar-refractivity contribution in [1.29, 1.82) is 0 Å². The van der Waals surface area contributed by atoms with Crippen LogP contribution in [0.4, 0.5) is 10.9 Å². The molecule has 2 aromatic heterocycles. The summed E-state index contributed by atoms with van der Waals surface area (Å²) >= 11 is 7.67. The number of nitrogens with one attached hydrogen (secondary N) is 1. The Labute approximate surface area is 151 Å². The lowest BCUT2D eigenvalue weighted by Crippen LogP contribution is -2.14. The topological polar surface area (TPSA) is 37.8 Å². The Morgan fingerprint density at radius 2 is 1.83 bits per heavy atom. The van der Waals surface area contributed by atoms with Gasteiger partial charge in [0.05, 0.1) is 5.69 Å². The molecule has 0 saturated heterocycles. The number of halogens is 1. The Morgan fingerprint density at radius 1 is 1.08 bits per heavy atom. The molecule has 0 radical (unpaired) electrons. The minimum Gasteiger partial charge on any atom is -0.316 e. The maximum Gasteiger partial charge on any atom is 0.188 e. The van der Waals surface area contributed by atoms with Crippen molar-refractivity contribution in [3.05, 3.63) is 69.8 Å². The van der Waals surface area contributed by atoms with Gasteiger partial charge in [0.2, 0.25) is 0 Å². The molecular formula is C19H20ClN3S. The van der Waals surface area contributed by atoms with Gasteiger partial charge in [0.25, 0.3) is 0 Å². The quantitative estimate of drug-likeness (QED) is 0.638. The maximum atomic E-state index is 5.99. The molecule has 0 atom stereocenters. The summed E-state index contributed by atoms with van der Waals surface area (Å²) in [4.78, 5) is 10.4. The van der Waals surface area contributed by atoms with Crippen molar-refractivity contribution >= 4 is 33.9 Å². The minimum atomic E-state index is -0.0116. The molecule has 0 aliphatic rings. The second-order valence-corrected chi connectivity index (χ2v) is 8.20. The summed E-state index contributed by atoms with van der Waals surface area (Å²) in [6.07, 6.45) is 2.63. The fraction of sp³-hybridized carbons (Fsp3) is 0.263. The summed E-state index contributed by atoms with van der Waals surface area (Å²) in [7, 11) is 0. The van der Waals surface area contributed by atoms with E-state index in [9.17, 15) is 0 Å². The summed E-state index contributed by atoms with van der Waals surface area (Å²) in [6.45, 7) is 6.58. The number of thiazole rings is 1. The molecule has 1 aromatic carbocycles. The van der Waals surface area contributed by atoms with Gasteiger partial charge in [-0.15, -0.1) is 11.3 Å². The fourth-order valence-corrected chi connectivity index (χ4v) is 3.78. The van der Waals surface area contributed by atoms with Crippen molar-refractivity contribution in [2.45, 2.75) is 32.6 Å². The Hall–Kier alpha value is -1.91. The number of hydrogen-bond acceptors (Lipinski definition) is 4. The van der Waals surface area contributed by atoms with E-state index in [1.54, 1.807) is 17.5 Å². The van der Waals surface area contributed by atoms with Crippen LogP contribution in [0.15, 0.2) is 48.7 Å². The van der Waals surface area contributed by atoms with Crippen molar-refractivity contribution in [1.82, 2.24) is 9.97 Å². The number of rotatable bonds is 4. The summed E-state index contributed by atoms with van der Waals surface area (Å²) in [5, 5.41) is 4.95. The first-order chi connectivity index (χ1) is 11.4. The second-order valence-electron chi connectivity index (χ2n) is 6.68. The highest BCUT2D eigenvalue weighted by molar-refractivity contribution is 7.15. The van der Waals surface area contributed by atoms with Crippen LogP contribution in [0.2, 0.25) is 5.02 Å². The number of anilines is 2. The number of benzene rings is 1. The molecule has 0 aliphatic carbocycles. The number of hydrogen-bond donors (Lipinski definition) is 1. The van der Waals surface area contributed by atoms with Crippen LogP contribution < -0.4 is 5.32 Å². The third kappa shape index (κ3) is 4.13. The Kier molecular flexibility index (Phi) is 4.88. The molecule has 0 bridgehead atoms. The molecule has 0 amide bonds. The van der Waals surface area contributed by atoms with Crippen LogP contribution in [0.1, 0.15) is 36.9 Å². The molecule has 24 heavy (non-hydrogen) atoms. The summed E-state index contributed by atoms with van der Waals surface area (Å²) in [6, 6.07) is 13.8. The van der Waals surface area contributed by atoms with Crippen LogP contribution >= 0.6 is 22.9 Å². The Balaban J connectivity index is 1.90. The van der Waals surface area contributed by atoms with E-state index in [1.807, 2.05) is 30.3 Å². The zero-order valence-corrected chi connectivity index (χ0v) is 15.6. The maximum absolute atomic E-state index is 5.99. The first-order valence-corrected chi connectivity index (χ1v) is 9.04. The molecule has 0 saturated carbocycles. The van der Waals surface area contributed by atoms with E-state index in [4.69, 9.17) is 16.6 Å². The van der Waals surface area contributed by atoms with Crippen molar-refractivity contribution in [2.24, 2.45) is 0 Å². The van der Waals surface area contributed by atoms with Crippen molar-refractivity contribution < 1.29 is 0 Å². The normalized spacial score (nSPS) is 11.5. The smallest absolute Gasteiger partial charge is 0.188 e. The second kappa shape index (κ2) is 6.91. The zero-order chi connectivity index (χ0) is 17.2. The molecule has 1 N–H and O–H groups in total. The number of pyridine rings is 1. The molecule has 5 heteroatoms. The predicted molar refractivity (Wildman–Crippen MR) is 103 cm³/mol. The summed E-state index contributed by atoms with van der Waals surface area (Å²) < 4.78 is 0. The van der Waals surface area contributed by atoms with Crippen LogP contribution in [-0.2, 0) is 11.8 Å². The largest absolute Gasteiger partial charge is 0.316 e. The standard InChI is InChI=1S/C19H20ClN3S/c1-19(2,3)17-15(12-13-7-9-14(20)10-8-13)24-18(23-17)22-16-6-4-5-11-21-16/h4-11H,12H2,1-3H3,(H,21,22,23). The van der Waals surface area contributed by atoms with E-state index in [-0.39, 0.29) is 5.41 Å². The minimum absolute atomic E-state index is 0.0116. The van der Waals surface area contributed by atoms with Crippen molar-refractivity contribution in [2.75, 3.05) is 5.32 Å². The average molecular weight is 358 g/mol. The Morgan fingerprint density at radius 3 is 2.46 bits per heavy atom. The average Bonchev–Trinajstić information content (AvgIpc) is 2.93. The highest BCUT2D eigenvalue weighted by Crippen LogP contribution is 2.34. The van der Waals surface area contributed by atoms with E-state index in [2.05, 4.69) is 43.2 Å². The fourth-order valence-electron chi connectivity index (χ4n) is 2.44. The molecule has 0 aliphatic heterocycles. The number of nitrogens with zero attached hydrogens (tertiary/aromatic N) is 2. The predicted octanol–water partition coefficient (Wildman–Crippen LogP) is 5.82. The lowest BCUT2D eigenvalue weighted by Gasteiger charge is -2.17. The third-order valence-corrected chi connectivity index (χ3v) is 4.81. The molecular weight excluding hydrogens is 338 g/mol.